The predicted molar refractivity (Wildman–Crippen MR) is 105 cm³/mol. The van der Waals surface area contributed by atoms with Gasteiger partial charge in [0.05, 0.1) is 6.54 Å². The average molecular weight is 410 g/mol. The molecule has 162 valence electrons. The molecule has 10 nitrogen and oxygen atoms in total. The molecule has 1 heterocycles. The van der Waals surface area contributed by atoms with Crippen molar-refractivity contribution in [2.24, 2.45) is 5.92 Å². The van der Waals surface area contributed by atoms with E-state index in [0.717, 1.165) is 6.08 Å². The van der Waals surface area contributed by atoms with Crippen molar-refractivity contribution in [3.63, 3.8) is 0 Å². The zero-order chi connectivity index (χ0) is 22.1. The van der Waals surface area contributed by atoms with Gasteiger partial charge >= 0.3 is 5.97 Å². The number of aliphatic carboxylic acids is 1. The van der Waals surface area contributed by atoms with E-state index in [0.29, 0.717) is 25.8 Å². The quantitative estimate of drug-likeness (QED) is 0.354. The van der Waals surface area contributed by atoms with E-state index >= 15 is 0 Å². The Labute approximate surface area is 170 Å². The lowest BCUT2D eigenvalue weighted by molar-refractivity contribution is -0.143. The molecule has 3 atom stereocenters. The first kappa shape index (κ1) is 24.1. The summed E-state index contributed by atoms with van der Waals surface area (Å²) in [6.45, 7) is 8.52. The van der Waals surface area contributed by atoms with Gasteiger partial charge in [0.2, 0.25) is 23.6 Å². The first-order valence-corrected chi connectivity index (χ1v) is 9.60. The molecule has 29 heavy (non-hydrogen) atoms. The Balaban J connectivity index is 2.67. The van der Waals surface area contributed by atoms with E-state index < -0.39 is 47.7 Å². The predicted octanol–water partition coefficient (Wildman–Crippen LogP) is -0.600. The Hall–Kier alpha value is -2.91. The second-order valence-electron chi connectivity index (χ2n) is 7.43. The third-order valence-electron chi connectivity index (χ3n) is 4.54. The van der Waals surface area contributed by atoms with E-state index in [9.17, 15) is 24.0 Å². The highest BCUT2D eigenvalue weighted by Gasteiger charge is 2.35. The van der Waals surface area contributed by atoms with Crippen molar-refractivity contribution in [3.05, 3.63) is 12.7 Å². The van der Waals surface area contributed by atoms with Crippen LogP contribution in [-0.2, 0) is 24.0 Å². The molecule has 0 bridgehead atoms. The number of hydrogen-bond donors (Lipinski definition) is 4. The largest absolute Gasteiger partial charge is 0.480 e. The minimum Gasteiger partial charge on any atom is -0.480 e. The minimum absolute atomic E-state index is 0.134. The Morgan fingerprint density at radius 1 is 1.17 bits per heavy atom. The highest BCUT2D eigenvalue weighted by molar-refractivity contribution is 5.95. The standard InChI is InChI=1S/C19H30N4O6/c1-5-15(24)22-13(9-11(2)3)17(26)20-10-16(25)23-8-6-7-14(23)18(27)21-12(4)19(28)29/h5,11-14H,1,6-10H2,2-4H3,(H,20,26)(H,21,27)(H,22,24)(H,28,29)/t12-,13-,14-/m0/s1. The summed E-state index contributed by atoms with van der Waals surface area (Å²) < 4.78 is 0. The van der Waals surface area contributed by atoms with Crippen molar-refractivity contribution in [2.45, 2.75) is 58.2 Å². The molecule has 0 aromatic heterocycles. The molecule has 0 radical (unpaired) electrons. The lowest BCUT2D eigenvalue weighted by Gasteiger charge is -2.25. The summed E-state index contributed by atoms with van der Waals surface area (Å²) in [7, 11) is 0. The van der Waals surface area contributed by atoms with Gasteiger partial charge in [0, 0.05) is 6.54 Å². The Bertz CT molecular complexity index is 663. The van der Waals surface area contributed by atoms with Gasteiger partial charge in [0.15, 0.2) is 0 Å². The number of carbonyl (C=O) groups is 5. The molecule has 0 aromatic carbocycles. The van der Waals surface area contributed by atoms with Crippen molar-refractivity contribution in [1.82, 2.24) is 20.9 Å². The van der Waals surface area contributed by atoms with Crippen molar-refractivity contribution in [3.8, 4) is 0 Å². The van der Waals surface area contributed by atoms with E-state index in [1.54, 1.807) is 0 Å². The maximum absolute atomic E-state index is 12.5. The summed E-state index contributed by atoms with van der Waals surface area (Å²) in [4.78, 5) is 61.0. The summed E-state index contributed by atoms with van der Waals surface area (Å²) in [5.74, 6) is -3.00. The van der Waals surface area contributed by atoms with Crippen LogP contribution in [0, 0.1) is 5.92 Å². The molecule has 10 heteroatoms. The maximum atomic E-state index is 12.5. The zero-order valence-corrected chi connectivity index (χ0v) is 17.1. The molecule has 0 aromatic rings. The van der Waals surface area contributed by atoms with E-state index in [1.807, 2.05) is 13.8 Å². The normalized spacial score (nSPS) is 17.9. The van der Waals surface area contributed by atoms with Crippen molar-refractivity contribution < 1.29 is 29.1 Å². The molecule has 0 unspecified atom stereocenters. The molecule has 1 rings (SSSR count). The Kier molecular flexibility index (Phi) is 9.30. The van der Waals surface area contributed by atoms with Crippen LogP contribution in [0.25, 0.3) is 0 Å². The van der Waals surface area contributed by atoms with Gasteiger partial charge in [-0.15, -0.1) is 0 Å². The second-order valence-corrected chi connectivity index (χ2v) is 7.43. The van der Waals surface area contributed by atoms with Crippen LogP contribution in [0.5, 0.6) is 0 Å². The third kappa shape index (κ3) is 7.55. The smallest absolute Gasteiger partial charge is 0.325 e. The van der Waals surface area contributed by atoms with Crippen molar-refractivity contribution >= 4 is 29.6 Å². The van der Waals surface area contributed by atoms with Gasteiger partial charge in [-0.25, -0.2) is 0 Å². The van der Waals surface area contributed by atoms with Crippen LogP contribution in [0.15, 0.2) is 12.7 Å². The lowest BCUT2D eigenvalue weighted by atomic mass is 10.0. The van der Waals surface area contributed by atoms with E-state index in [-0.39, 0.29) is 12.5 Å². The summed E-state index contributed by atoms with van der Waals surface area (Å²) in [6.07, 6.45) is 2.48. The Morgan fingerprint density at radius 3 is 2.38 bits per heavy atom. The average Bonchev–Trinajstić information content (AvgIpc) is 3.14. The van der Waals surface area contributed by atoms with Gasteiger partial charge < -0.3 is 26.0 Å². The molecule has 0 aliphatic carbocycles. The molecule has 1 aliphatic rings. The van der Waals surface area contributed by atoms with Crippen molar-refractivity contribution in [2.75, 3.05) is 13.1 Å². The first-order valence-electron chi connectivity index (χ1n) is 9.60. The maximum Gasteiger partial charge on any atom is 0.325 e. The summed E-state index contributed by atoms with van der Waals surface area (Å²) in [5, 5.41) is 16.3. The van der Waals surface area contributed by atoms with Crippen LogP contribution in [-0.4, -0.2) is 70.8 Å². The second kappa shape index (κ2) is 11.2. The number of carboxylic acid groups (broad SMARTS) is 1. The van der Waals surface area contributed by atoms with Gasteiger partial charge in [-0.2, -0.15) is 0 Å². The van der Waals surface area contributed by atoms with E-state index in [4.69, 9.17) is 5.11 Å². The minimum atomic E-state index is -1.17. The fourth-order valence-corrected chi connectivity index (χ4v) is 3.03. The zero-order valence-electron chi connectivity index (χ0n) is 17.1. The van der Waals surface area contributed by atoms with E-state index in [2.05, 4.69) is 22.5 Å². The molecular formula is C19H30N4O6. The number of carbonyl (C=O) groups excluding carboxylic acids is 4. The third-order valence-corrected chi connectivity index (χ3v) is 4.54. The van der Waals surface area contributed by atoms with Gasteiger partial charge in [0.25, 0.3) is 0 Å². The molecule has 0 spiro atoms. The molecule has 4 N–H and O–H groups in total. The van der Waals surface area contributed by atoms with Crippen LogP contribution < -0.4 is 16.0 Å². The lowest BCUT2D eigenvalue weighted by Crippen LogP contribution is -2.53. The van der Waals surface area contributed by atoms with Crippen LogP contribution in [0.1, 0.15) is 40.0 Å². The number of amides is 4. The van der Waals surface area contributed by atoms with Crippen molar-refractivity contribution in [1.29, 1.82) is 0 Å². The van der Waals surface area contributed by atoms with E-state index in [1.165, 1.54) is 11.8 Å². The molecule has 1 saturated heterocycles. The molecule has 4 amide bonds. The van der Waals surface area contributed by atoms with Crippen LogP contribution in [0.2, 0.25) is 0 Å². The summed E-state index contributed by atoms with van der Waals surface area (Å²) >= 11 is 0. The molecule has 0 saturated carbocycles. The topological polar surface area (TPSA) is 145 Å². The molecule has 1 aliphatic heterocycles. The fraction of sp³-hybridized carbons (Fsp3) is 0.632. The highest BCUT2D eigenvalue weighted by Crippen LogP contribution is 2.17. The van der Waals surface area contributed by atoms with Gasteiger partial charge in [-0.05, 0) is 38.2 Å². The SMILES string of the molecule is C=CC(=O)N[C@@H](CC(C)C)C(=O)NCC(=O)N1CCC[C@H]1C(=O)N[C@@H](C)C(=O)O. The number of rotatable bonds is 10. The number of likely N-dealkylation sites (tertiary alicyclic amines) is 1. The number of nitrogens with one attached hydrogen (secondary N) is 3. The van der Waals surface area contributed by atoms with Crippen LogP contribution >= 0.6 is 0 Å². The number of carboxylic acids is 1. The highest BCUT2D eigenvalue weighted by atomic mass is 16.4. The molecular weight excluding hydrogens is 380 g/mol. The van der Waals surface area contributed by atoms with Gasteiger partial charge in [0.1, 0.15) is 18.1 Å². The van der Waals surface area contributed by atoms with Crippen LogP contribution in [0.3, 0.4) is 0 Å². The first-order chi connectivity index (χ1) is 13.6. The molecule has 1 fully saturated rings. The van der Waals surface area contributed by atoms with Gasteiger partial charge in [-0.1, -0.05) is 20.4 Å². The monoisotopic (exact) mass is 410 g/mol. The number of nitrogens with zero attached hydrogens (tertiary/aromatic N) is 1. The fourth-order valence-electron chi connectivity index (χ4n) is 3.03. The van der Waals surface area contributed by atoms with Gasteiger partial charge in [-0.3, -0.25) is 24.0 Å². The summed E-state index contributed by atoms with van der Waals surface area (Å²) in [6, 6.07) is -2.64. The summed E-state index contributed by atoms with van der Waals surface area (Å²) in [5.41, 5.74) is 0. The Morgan fingerprint density at radius 2 is 1.83 bits per heavy atom. The number of hydrogen-bond acceptors (Lipinski definition) is 5. The van der Waals surface area contributed by atoms with Crippen LogP contribution in [0.4, 0.5) is 0 Å².